The van der Waals surface area contributed by atoms with Crippen LogP contribution in [0.5, 0.6) is 0 Å². The fourth-order valence-electron chi connectivity index (χ4n) is 4.82. The maximum Gasteiger partial charge on any atom is 0.328 e. The number of piperazine rings is 1. The monoisotopic (exact) mass is 387 g/mol. The van der Waals surface area contributed by atoms with Gasteiger partial charge in [-0.25, -0.2) is 9.59 Å². The second kappa shape index (κ2) is 8.32. The van der Waals surface area contributed by atoms with Crippen LogP contribution in [0, 0.1) is 0 Å². The molecule has 3 heterocycles. The summed E-state index contributed by atoms with van der Waals surface area (Å²) in [5, 5.41) is 15.6. The Bertz CT molecular complexity index is 752. The number of hydrogen-bond donors (Lipinski definition) is 2. The van der Waals surface area contributed by atoms with Crippen molar-refractivity contribution in [3.05, 3.63) is 47.3 Å². The van der Waals surface area contributed by atoms with Crippen LogP contribution in [-0.2, 0) is 9.59 Å². The molecule has 1 fully saturated rings. The minimum absolute atomic E-state index is 0.558. The molecule has 7 heteroatoms. The minimum Gasteiger partial charge on any atom is -0.478 e. The lowest BCUT2D eigenvalue weighted by Crippen LogP contribution is -2.65. The second-order valence-electron chi connectivity index (χ2n) is 7.89. The van der Waals surface area contributed by atoms with Crippen LogP contribution < -0.4 is 0 Å². The van der Waals surface area contributed by atoms with Crippen LogP contribution in [0.2, 0.25) is 0 Å². The molecule has 1 saturated heterocycles. The zero-order valence-electron chi connectivity index (χ0n) is 16.7. The zero-order valence-corrected chi connectivity index (χ0v) is 16.7. The summed E-state index contributed by atoms with van der Waals surface area (Å²) in [7, 11) is 4.61. The van der Waals surface area contributed by atoms with E-state index < -0.39 is 11.9 Å². The van der Waals surface area contributed by atoms with Gasteiger partial charge in [-0.05, 0) is 57.5 Å². The molecule has 0 radical (unpaired) electrons. The highest BCUT2D eigenvalue weighted by molar-refractivity contribution is 5.89. The van der Waals surface area contributed by atoms with Crippen molar-refractivity contribution < 1.29 is 19.8 Å². The van der Waals surface area contributed by atoms with Gasteiger partial charge in [0.25, 0.3) is 0 Å². The van der Waals surface area contributed by atoms with Crippen LogP contribution in [0.15, 0.2) is 47.3 Å². The SMILES string of the molecule is CC1=CN2C3=C(CCC=C3)C[C@H]2[C@H]2C1N(C)CCN2C.O=C(O)/C=C\C(=O)O. The number of allylic oxidation sites excluding steroid dienone is 2. The van der Waals surface area contributed by atoms with Crippen LogP contribution in [0.25, 0.3) is 0 Å². The number of rotatable bonds is 2. The normalized spacial score (nSPS) is 29.6. The Labute approximate surface area is 165 Å². The van der Waals surface area contributed by atoms with Gasteiger partial charge in [0, 0.05) is 49.2 Å². The molecule has 3 atom stereocenters. The average Bonchev–Trinajstić information content (AvgIpc) is 3.01. The van der Waals surface area contributed by atoms with E-state index in [9.17, 15) is 9.59 Å². The number of aliphatic carboxylic acids is 2. The highest BCUT2D eigenvalue weighted by atomic mass is 16.4. The number of nitrogens with zero attached hydrogens (tertiary/aromatic N) is 3. The van der Waals surface area contributed by atoms with E-state index in [0.717, 1.165) is 0 Å². The molecular formula is C21H29N3O4. The first kappa shape index (κ1) is 20.4. The van der Waals surface area contributed by atoms with E-state index in [0.29, 0.717) is 30.3 Å². The Hall–Kier alpha value is -2.38. The van der Waals surface area contributed by atoms with Gasteiger partial charge in [0.15, 0.2) is 0 Å². The predicted molar refractivity (Wildman–Crippen MR) is 107 cm³/mol. The van der Waals surface area contributed by atoms with Gasteiger partial charge < -0.3 is 15.1 Å². The van der Waals surface area contributed by atoms with Crippen LogP contribution in [-0.4, -0.2) is 82.2 Å². The third-order valence-electron chi connectivity index (χ3n) is 6.03. The van der Waals surface area contributed by atoms with Crippen LogP contribution in [0.4, 0.5) is 0 Å². The van der Waals surface area contributed by atoms with E-state index >= 15 is 0 Å². The molecule has 0 spiro atoms. The Morgan fingerprint density at radius 1 is 1.11 bits per heavy atom. The molecule has 4 rings (SSSR count). The third kappa shape index (κ3) is 4.05. The van der Waals surface area contributed by atoms with Crippen molar-refractivity contribution in [3.8, 4) is 0 Å². The van der Waals surface area contributed by atoms with E-state index in [2.05, 4.69) is 54.1 Å². The minimum atomic E-state index is -1.26. The maximum absolute atomic E-state index is 9.55. The molecular weight excluding hydrogens is 358 g/mol. The molecule has 4 aliphatic rings. The third-order valence-corrected chi connectivity index (χ3v) is 6.03. The molecule has 7 nitrogen and oxygen atoms in total. The van der Waals surface area contributed by atoms with Crippen molar-refractivity contribution in [2.24, 2.45) is 0 Å². The number of carbonyl (C=O) groups is 2. The lowest BCUT2D eigenvalue weighted by Gasteiger charge is -2.52. The quantitative estimate of drug-likeness (QED) is 0.700. The van der Waals surface area contributed by atoms with E-state index in [1.807, 2.05) is 0 Å². The lowest BCUT2D eigenvalue weighted by molar-refractivity contribution is -0.134. The van der Waals surface area contributed by atoms with Gasteiger partial charge in [-0.2, -0.15) is 0 Å². The summed E-state index contributed by atoms with van der Waals surface area (Å²) in [4.78, 5) is 26.8. The Balaban J connectivity index is 0.000000242. The van der Waals surface area contributed by atoms with E-state index in [-0.39, 0.29) is 0 Å². The standard InChI is InChI=1S/C17H25N3.C4H4O4/c1-12-11-20-14-7-5-4-6-13(14)10-15(20)17-16(12)18(2)8-9-19(17)3;5-3(6)1-2-4(7)8/h5,7,11,15-17H,4,6,8-10H2,1-3H3;1-2H,(H,5,6)(H,7,8)/b;2-1-/t15-,16?,17-;/m0./s1. The first-order chi connectivity index (χ1) is 13.3. The van der Waals surface area contributed by atoms with Gasteiger partial charge in [0.1, 0.15) is 0 Å². The van der Waals surface area contributed by atoms with Gasteiger partial charge in [0.2, 0.25) is 0 Å². The van der Waals surface area contributed by atoms with Gasteiger partial charge in [-0.15, -0.1) is 0 Å². The Morgan fingerprint density at radius 3 is 2.39 bits per heavy atom. The first-order valence-corrected chi connectivity index (χ1v) is 9.69. The molecule has 0 amide bonds. The second-order valence-corrected chi connectivity index (χ2v) is 7.89. The van der Waals surface area contributed by atoms with Gasteiger partial charge >= 0.3 is 11.9 Å². The Kier molecular flexibility index (Phi) is 6.05. The summed E-state index contributed by atoms with van der Waals surface area (Å²) in [6, 6.07) is 1.88. The summed E-state index contributed by atoms with van der Waals surface area (Å²) in [5.41, 5.74) is 4.71. The molecule has 0 aromatic rings. The average molecular weight is 387 g/mol. The van der Waals surface area contributed by atoms with Gasteiger partial charge in [-0.1, -0.05) is 6.08 Å². The van der Waals surface area contributed by atoms with Gasteiger partial charge in [0.05, 0.1) is 6.04 Å². The van der Waals surface area contributed by atoms with Crippen molar-refractivity contribution in [1.29, 1.82) is 0 Å². The summed E-state index contributed by atoms with van der Waals surface area (Å²) in [6.45, 7) is 4.69. The molecule has 0 aromatic carbocycles. The molecule has 1 aliphatic carbocycles. The molecule has 3 aliphatic heterocycles. The molecule has 1 unspecified atom stereocenters. The maximum atomic E-state index is 9.55. The molecule has 152 valence electrons. The van der Waals surface area contributed by atoms with Crippen molar-refractivity contribution in [3.63, 3.8) is 0 Å². The first-order valence-electron chi connectivity index (χ1n) is 9.69. The highest BCUT2D eigenvalue weighted by Crippen LogP contribution is 2.43. The van der Waals surface area contributed by atoms with Crippen LogP contribution in [0.3, 0.4) is 0 Å². The molecule has 28 heavy (non-hydrogen) atoms. The number of carboxylic acid groups (broad SMARTS) is 2. The van der Waals surface area contributed by atoms with Gasteiger partial charge in [-0.3, -0.25) is 9.80 Å². The summed E-state index contributed by atoms with van der Waals surface area (Å²) >= 11 is 0. The van der Waals surface area contributed by atoms with E-state index in [4.69, 9.17) is 10.2 Å². The van der Waals surface area contributed by atoms with Crippen molar-refractivity contribution in [2.45, 2.75) is 44.3 Å². The Morgan fingerprint density at radius 2 is 1.75 bits per heavy atom. The molecule has 0 aromatic heterocycles. The number of likely N-dealkylation sites (N-methyl/N-ethyl adjacent to an activating group) is 2. The highest BCUT2D eigenvalue weighted by Gasteiger charge is 2.47. The van der Waals surface area contributed by atoms with Crippen molar-refractivity contribution in [1.82, 2.24) is 14.7 Å². The molecule has 2 N–H and O–H groups in total. The van der Waals surface area contributed by atoms with E-state index in [1.165, 1.54) is 43.6 Å². The van der Waals surface area contributed by atoms with Crippen molar-refractivity contribution >= 4 is 11.9 Å². The number of fused-ring (bicyclic) bond motifs is 4. The number of hydrogen-bond acceptors (Lipinski definition) is 5. The molecule has 0 bridgehead atoms. The molecule has 0 saturated carbocycles. The zero-order chi connectivity index (χ0) is 20.4. The van der Waals surface area contributed by atoms with Crippen LogP contribution >= 0.6 is 0 Å². The smallest absolute Gasteiger partial charge is 0.328 e. The summed E-state index contributed by atoms with van der Waals surface area (Å²) in [6.07, 6.45) is 12.0. The summed E-state index contributed by atoms with van der Waals surface area (Å²) < 4.78 is 0. The van der Waals surface area contributed by atoms with Crippen LogP contribution in [0.1, 0.15) is 26.2 Å². The number of carboxylic acids is 2. The lowest BCUT2D eigenvalue weighted by atomic mass is 9.85. The van der Waals surface area contributed by atoms with Crippen molar-refractivity contribution in [2.75, 3.05) is 27.2 Å². The summed E-state index contributed by atoms with van der Waals surface area (Å²) in [5.74, 6) is -2.51. The largest absolute Gasteiger partial charge is 0.478 e. The fraction of sp³-hybridized carbons (Fsp3) is 0.524. The predicted octanol–water partition coefficient (Wildman–Crippen LogP) is 1.91. The fourth-order valence-corrected chi connectivity index (χ4v) is 4.82. The topological polar surface area (TPSA) is 84.3 Å². The van der Waals surface area contributed by atoms with E-state index in [1.54, 1.807) is 5.57 Å².